The highest BCUT2D eigenvalue weighted by Crippen LogP contribution is 2.18. The van der Waals surface area contributed by atoms with Crippen molar-refractivity contribution < 1.29 is 9.47 Å². The molecular weight excluding hydrogens is 262 g/mol. The van der Waals surface area contributed by atoms with E-state index in [-0.39, 0.29) is 11.7 Å². The SMILES string of the molecule is Cc1cccc(C(CNC(C)C)OCCOC(C)(C)C)c1. The maximum atomic E-state index is 6.04. The second kappa shape index (κ2) is 8.52. The van der Waals surface area contributed by atoms with Crippen LogP contribution >= 0.6 is 0 Å². The van der Waals surface area contributed by atoms with Crippen LogP contribution < -0.4 is 5.32 Å². The molecule has 0 amide bonds. The summed E-state index contributed by atoms with van der Waals surface area (Å²) in [7, 11) is 0. The van der Waals surface area contributed by atoms with E-state index in [1.54, 1.807) is 0 Å². The lowest BCUT2D eigenvalue weighted by Crippen LogP contribution is -2.30. The van der Waals surface area contributed by atoms with Gasteiger partial charge in [0.15, 0.2) is 0 Å². The molecule has 1 aromatic rings. The zero-order valence-corrected chi connectivity index (χ0v) is 14.4. The van der Waals surface area contributed by atoms with Crippen LogP contribution in [-0.2, 0) is 9.47 Å². The van der Waals surface area contributed by atoms with E-state index in [1.807, 2.05) is 0 Å². The third-order valence-corrected chi connectivity index (χ3v) is 3.06. The van der Waals surface area contributed by atoms with E-state index < -0.39 is 0 Å². The number of nitrogens with one attached hydrogen (secondary N) is 1. The molecule has 1 rings (SSSR count). The van der Waals surface area contributed by atoms with E-state index >= 15 is 0 Å². The van der Waals surface area contributed by atoms with E-state index in [2.05, 4.69) is 71.1 Å². The first-order valence-electron chi connectivity index (χ1n) is 7.83. The van der Waals surface area contributed by atoms with Gasteiger partial charge in [-0.2, -0.15) is 0 Å². The van der Waals surface area contributed by atoms with Crippen LogP contribution in [0.5, 0.6) is 0 Å². The molecule has 0 spiro atoms. The summed E-state index contributed by atoms with van der Waals surface area (Å²) in [6.45, 7) is 14.6. The summed E-state index contributed by atoms with van der Waals surface area (Å²) in [5.41, 5.74) is 2.37. The molecule has 0 heterocycles. The maximum Gasteiger partial charge on any atom is 0.0950 e. The molecule has 0 radical (unpaired) electrons. The van der Waals surface area contributed by atoms with Crippen LogP contribution in [-0.4, -0.2) is 31.4 Å². The van der Waals surface area contributed by atoms with Crippen molar-refractivity contribution in [2.75, 3.05) is 19.8 Å². The van der Waals surface area contributed by atoms with Gasteiger partial charge in [-0.05, 0) is 33.3 Å². The Morgan fingerprint density at radius 1 is 1.14 bits per heavy atom. The number of ether oxygens (including phenoxy) is 2. The third kappa shape index (κ3) is 8.20. The predicted molar refractivity (Wildman–Crippen MR) is 88.7 cm³/mol. The van der Waals surface area contributed by atoms with Gasteiger partial charge in [-0.3, -0.25) is 0 Å². The zero-order valence-electron chi connectivity index (χ0n) is 14.4. The molecule has 0 aliphatic rings. The number of rotatable bonds is 8. The molecule has 1 atom stereocenters. The van der Waals surface area contributed by atoms with Crippen molar-refractivity contribution in [2.24, 2.45) is 0 Å². The summed E-state index contributed by atoms with van der Waals surface area (Å²) in [5, 5.41) is 3.45. The minimum absolute atomic E-state index is 0.0656. The molecule has 1 aromatic carbocycles. The Balaban J connectivity index is 2.56. The van der Waals surface area contributed by atoms with Crippen molar-refractivity contribution in [3.05, 3.63) is 35.4 Å². The van der Waals surface area contributed by atoms with Crippen LogP contribution in [0.15, 0.2) is 24.3 Å². The first-order valence-corrected chi connectivity index (χ1v) is 7.83. The molecule has 3 nitrogen and oxygen atoms in total. The third-order valence-electron chi connectivity index (χ3n) is 3.06. The minimum Gasteiger partial charge on any atom is -0.373 e. The summed E-state index contributed by atoms with van der Waals surface area (Å²) < 4.78 is 11.8. The van der Waals surface area contributed by atoms with Crippen molar-refractivity contribution in [1.29, 1.82) is 0 Å². The molecule has 0 bridgehead atoms. The summed E-state index contributed by atoms with van der Waals surface area (Å²) in [6, 6.07) is 8.97. The normalized spacial score (nSPS) is 13.7. The fraction of sp³-hybridized carbons (Fsp3) is 0.667. The zero-order chi connectivity index (χ0) is 15.9. The maximum absolute atomic E-state index is 6.04. The van der Waals surface area contributed by atoms with Crippen LogP contribution in [0.1, 0.15) is 51.8 Å². The largest absolute Gasteiger partial charge is 0.373 e. The Bertz CT molecular complexity index is 410. The fourth-order valence-electron chi connectivity index (χ4n) is 2.02. The number of benzene rings is 1. The van der Waals surface area contributed by atoms with Gasteiger partial charge in [0.2, 0.25) is 0 Å². The van der Waals surface area contributed by atoms with E-state index in [0.29, 0.717) is 19.3 Å². The number of aryl methyl sites for hydroxylation is 1. The molecule has 3 heteroatoms. The lowest BCUT2D eigenvalue weighted by molar-refractivity contribution is -0.0521. The van der Waals surface area contributed by atoms with Crippen molar-refractivity contribution in [2.45, 2.75) is 59.3 Å². The molecule has 0 saturated heterocycles. The quantitative estimate of drug-likeness (QED) is 0.738. The molecule has 0 saturated carbocycles. The summed E-state index contributed by atoms with van der Waals surface area (Å²) >= 11 is 0. The Morgan fingerprint density at radius 3 is 2.43 bits per heavy atom. The summed E-state index contributed by atoms with van der Waals surface area (Å²) in [6.07, 6.45) is 0.0656. The highest BCUT2D eigenvalue weighted by Gasteiger charge is 2.14. The van der Waals surface area contributed by atoms with E-state index in [1.165, 1.54) is 11.1 Å². The molecule has 120 valence electrons. The van der Waals surface area contributed by atoms with E-state index in [0.717, 1.165) is 6.54 Å². The Labute approximate surface area is 130 Å². The second-order valence-electron chi connectivity index (χ2n) is 6.80. The van der Waals surface area contributed by atoms with Gasteiger partial charge in [0.05, 0.1) is 24.9 Å². The molecule has 1 N–H and O–H groups in total. The topological polar surface area (TPSA) is 30.5 Å². The fourth-order valence-corrected chi connectivity index (χ4v) is 2.02. The predicted octanol–water partition coefficient (Wildman–Crippen LogP) is 3.87. The van der Waals surface area contributed by atoms with Crippen molar-refractivity contribution >= 4 is 0 Å². The Morgan fingerprint density at radius 2 is 1.86 bits per heavy atom. The monoisotopic (exact) mass is 293 g/mol. The van der Waals surface area contributed by atoms with Crippen LogP contribution in [0.25, 0.3) is 0 Å². The molecule has 0 fully saturated rings. The van der Waals surface area contributed by atoms with Gasteiger partial charge in [-0.1, -0.05) is 43.7 Å². The number of hydrogen-bond acceptors (Lipinski definition) is 3. The highest BCUT2D eigenvalue weighted by atomic mass is 16.5. The van der Waals surface area contributed by atoms with Crippen LogP contribution in [0.3, 0.4) is 0 Å². The molecule has 21 heavy (non-hydrogen) atoms. The van der Waals surface area contributed by atoms with Crippen molar-refractivity contribution in [3.8, 4) is 0 Å². The van der Waals surface area contributed by atoms with E-state index in [4.69, 9.17) is 9.47 Å². The van der Waals surface area contributed by atoms with Crippen molar-refractivity contribution in [1.82, 2.24) is 5.32 Å². The van der Waals surface area contributed by atoms with Crippen molar-refractivity contribution in [3.63, 3.8) is 0 Å². The van der Waals surface area contributed by atoms with Gasteiger partial charge >= 0.3 is 0 Å². The first-order chi connectivity index (χ1) is 9.78. The smallest absolute Gasteiger partial charge is 0.0950 e. The standard InChI is InChI=1S/C18H31NO2/c1-14(2)19-13-17(16-9-7-8-15(3)12-16)20-10-11-21-18(4,5)6/h7-9,12,14,17,19H,10-11,13H2,1-6H3. The Kier molecular flexibility index (Phi) is 7.36. The van der Waals surface area contributed by atoms with Gasteiger partial charge in [0.25, 0.3) is 0 Å². The molecule has 0 aliphatic carbocycles. The highest BCUT2D eigenvalue weighted by molar-refractivity contribution is 5.24. The van der Waals surface area contributed by atoms with E-state index in [9.17, 15) is 0 Å². The average molecular weight is 293 g/mol. The first kappa shape index (κ1) is 18.1. The summed E-state index contributed by atoms with van der Waals surface area (Å²) in [5.74, 6) is 0. The summed E-state index contributed by atoms with van der Waals surface area (Å²) in [4.78, 5) is 0. The van der Waals surface area contributed by atoms with Crippen LogP contribution in [0, 0.1) is 6.92 Å². The second-order valence-corrected chi connectivity index (χ2v) is 6.80. The molecule has 0 aliphatic heterocycles. The molecule has 0 aromatic heterocycles. The van der Waals surface area contributed by atoms with Crippen LogP contribution in [0.4, 0.5) is 0 Å². The number of hydrogen-bond donors (Lipinski definition) is 1. The lowest BCUT2D eigenvalue weighted by Gasteiger charge is -2.23. The molecule has 1 unspecified atom stereocenters. The Hall–Kier alpha value is -0.900. The van der Waals surface area contributed by atoms with Crippen LogP contribution in [0.2, 0.25) is 0 Å². The average Bonchev–Trinajstić information content (AvgIpc) is 2.36. The van der Waals surface area contributed by atoms with Gasteiger partial charge in [0, 0.05) is 12.6 Å². The lowest BCUT2D eigenvalue weighted by atomic mass is 10.1. The van der Waals surface area contributed by atoms with Gasteiger partial charge < -0.3 is 14.8 Å². The molecular formula is C18H31NO2. The van der Waals surface area contributed by atoms with Gasteiger partial charge in [-0.15, -0.1) is 0 Å². The van der Waals surface area contributed by atoms with Gasteiger partial charge in [0.1, 0.15) is 0 Å². The minimum atomic E-state index is -0.113. The van der Waals surface area contributed by atoms with Gasteiger partial charge in [-0.25, -0.2) is 0 Å².